The molecule has 0 fully saturated rings. The summed E-state index contributed by atoms with van der Waals surface area (Å²) >= 11 is 0. The Bertz CT molecular complexity index is 1540. The van der Waals surface area contributed by atoms with E-state index in [4.69, 9.17) is 9.47 Å². The monoisotopic (exact) mass is 440 g/mol. The number of H-pyrrole nitrogens is 1. The molecule has 0 saturated heterocycles. The number of aryl methyl sites for hydroxylation is 2. The summed E-state index contributed by atoms with van der Waals surface area (Å²) in [6.07, 6.45) is 1.70. The zero-order valence-corrected chi connectivity index (χ0v) is 18.9. The van der Waals surface area contributed by atoms with Crippen LogP contribution >= 0.6 is 0 Å². The van der Waals surface area contributed by atoms with Crippen molar-refractivity contribution in [3.8, 4) is 39.7 Å². The summed E-state index contributed by atoms with van der Waals surface area (Å²) in [6, 6.07) is 19.6. The molecule has 5 rings (SSSR count). The minimum absolute atomic E-state index is 0.158. The predicted molar refractivity (Wildman–Crippen MR) is 129 cm³/mol. The second-order valence-electron chi connectivity index (χ2n) is 7.91. The highest BCUT2D eigenvalue weighted by Gasteiger charge is 2.18. The maximum absolute atomic E-state index is 13.3. The lowest BCUT2D eigenvalue weighted by Gasteiger charge is -2.11. The second kappa shape index (κ2) is 8.02. The van der Waals surface area contributed by atoms with E-state index in [-0.39, 0.29) is 5.69 Å². The molecule has 7 heteroatoms. The number of aromatic nitrogens is 4. The predicted octanol–water partition coefficient (Wildman–Crippen LogP) is 4.71. The number of ether oxygens (including phenoxy) is 2. The third-order valence-corrected chi connectivity index (χ3v) is 5.90. The van der Waals surface area contributed by atoms with Crippen molar-refractivity contribution in [2.45, 2.75) is 6.92 Å². The molecule has 0 aliphatic carbocycles. The van der Waals surface area contributed by atoms with Gasteiger partial charge in [0.1, 0.15) is 11.5 Å². The summed E-state index contributed by atoms with van der Waals surface area (Å²) in [7, 11) is 4.95. The van der Waals surface area contributed by atoms with Gasteiger partial charge in [0.2, 0.25) is 0 Å². The zero-order chi connectivity index (χ0) is 23.1. The first-order valence-corrected chi connectivity index (χ1v) is 10.6. The Balaban J connectivity index is 1.68. The summed E-state index contributed by atoms with van der Waals surface area (Å²) in [4.78, 5) is 21.1. The SMILES string of the molecule is COc1ccc(-n2c(=O)n(C)c3cc(-c4[nH]cnc4-c4cccc(C)c4)ccc32)c(OC)c1. The fourth-order valence-electron chi connectivity index (χ4n) is 4.22. The normalized spacial score (nSPS) is 11.2. The zero-order valence-electron chi connectivity index (χ0n) is 18.9. The molecule has 0 unspecified atom stereocenters. The first-order valence-electron chi connectivity index (χ1n) is 10.6. The van der Waals surface area contributed by atoms with Crippen LogP contribution in [0.3, 0.4) is 0 Å². The van der Waals surface area contributed by atoms with Gasteiger partial charge in [-0.3, -0.25) is 9.13 Å². The van der Waals surface area contributed by atoms with Crippen LogP contribution in [-0.4, -0.2) is 33.3 Å². The van der Waals surface area contributed by atoms with Crippen LogP contribution in [0, 0.1) is 6.92 Å². The van der Waals surface area contributed by atoms with Gasteiger partial charge in [-0.1, -0.05) is 29.8 Å². The molecule has 5 aromatic rings. The van der Waals surface area contributed by atoms with Gasteiger partial charge in [0.15, 0.2) is 0 Å². The Hall–Kier alpha value is -4.26. The Morgan fingerprint density at radius 1 is 0.909 bits per heavy atom. The number of hydrogen-bond acceptors (Lipinski definition) is 4. The van der Waals surface area contributed by atoms with Gasteiger partial charge in [-0.2, -0.15) is 0 Å². The van der Waals surface area contributed by atoms with E-state index >= 15 is 0 Å². The largest absolute Gasteiger partial charge is 0.497 e. The highest BCUT2D eigenvalue weighted by Crippen LogP contribution is 2.33. The smallest absolute Gasteiger partial charge is 0.333 e. The molecule has 0 bridgehead atoms. The molecule has 3 aromatic carbocycles. The van der Waals surface area contributed by atoms with Crippen LogP contribution in [0.25, 0.3) is 39.2 Å². The Kier molecular flexibility index (Phi) is 5.01. The summed E-state index contributed by atoms with van der Waals surface area (Å²) in [5.41, 5.74) is 7.03. The summed E-state index contributed by atoms with van der Waals surface area (Å²) < 4.78 is 14.2. The molecule has 0 aliphatic heterocycles. The lowest BCUT2D eigenvalue weighted by atomic mass is 10.0. The number of methoxy groups -OCH3 is 2. The van der Waals surface area contributed by atoms with Crippen molar-refractivity contribution in [2.24, 2.45) is 7.05 Å². The van der Waals surface area contributed by atoms with Gasteiger partial charge >= 0.3 is 5.69 Å². The topological polar surface area (TPSA) is 74.1 Å². The fraction of sp³-hybridized carbons (Fsp3) is 0.154. The summed E-state index contributed by atoms with van der Waals surface area (Å²) in [5, 5.41) is 0. The van der Waals surface area contributed by atoms with Crippen molar-refractivity contribution in [2.75, 3.05) is 14.2 Å². The van der Waals surface area contributed by atoms with Gasteiger partial charge in [0.05, 0.1) is 48.7 Å². The van der Waals surface area contributed by atoms with Crippen LogP contribution in [0.4, 0.5) is 0 Å². The third kappa shape index (κ3) is 3.38. The summed E-state index contributed by atoms with van der Waals surface area (Å²) in [6.45, 7) is 2.06. The van der Waals surface area contributed by atoms with E-state index in [1.807, 2.05) is 42.5 Å². The molecule has 0 aliphatic rings. The molecule has 7 nitrogen and oxygen atoms in total. The van der Waals surface area contributed by atoms with E-state index in [1.165, 1.54) is 5.56 Å². The van der Waals surface area contributed by atoms with Gasteiger partial charge in [0.25, 0.3) is 0 Å². The van der Waals surface area contributed by atoms with Crippen LogP contribution in [-0.2, 0) is 7.05 Å². The minimum atomic E-state index is -0.158. The first kappa shape index (κ1) is 20.6. The molecule has 0 atom stereocenters. The Labute approximate surface area is 190 Å². The number of nitrogens with zero attached hydrogens (tertiary/aromatic N) is 3. The van der Waals surface area contributed by atoms with E-state index in [2.05, 4.69) is 29.0 Å². The number of aromatic amines is 1. The standard InChI is InChI=1S/C26H24N4O3/c1-16-6-5-7-17(12-16)24-25(28-15-27-24)18-8-10-20-22(13-18)29(2)26(31)30(20)21-11-9-19(32-3)14-23(21)33-4/h5-15H,1-4H3,(H,27,28). The summed E-state index contributed by atoms with van der Waals surface area (Å²) in [5.74, 6) is 1.22. The molecule has 0 spiro atoms. The number of fused-ring (bicyclic) bond motifs is 1. The van der Waals surface area contributed by atoms with Gasteiger partial charge in [-0.05, 0) is 37.3 Å². The third-order valence-electron chi connectivity index (χ3n) is 5.90. The molecule has 0 saturated carbocycles. The van der Waals surface area contributed by atoms with E-state index < -0.39 is 0 Å². The van der Waals surface area contributed by atoms with Crippen LogP contribution in [0.5, 0.6) is 11.5 Å². The van der Waals surface area contributed by atoms with Crippen LogP contribution in [0.1, 0.15) is 5.56 Å². The maximum Gasteiger partial charge on any atom is 0.333 e. The first-order chi connectivity index (χ1) is 16.0. The van der Waals surface area contributed by atoms with Crippen molar-refractivity contribution in [1.29, 1.82) is 0 Å². The second-order valence-corrected chi connectivity index (χ2v) is 7.91. The highest BCUT2D eigenvalue weighted by atomic mass is 16.5. The lowest BCUT2D eigenvalue weighted by molar-refractivity contribution is 0.393. The van der Waals surface area contributed by atoms with E-state index in [0.29, 0.717) is 17.2 Å². The number of rotatable bonds is 5. The highest BCUT2D eigenvalue weighted by molar-refractivity contribution is 5.87. The van der Waals surface area contributed by atoms with Crippen LogP contribution < -0.4 is 15.2 Å². The molecule has 2 heterocycles. The number of benzene rings is 3. The molecule has 0 amide bonds. The van der Waals surface area contributed by atoms with Gasteiger partial charge in [-0.25, -0.2) is 9.78 Å². The van der Waals surface area contributed by atoms with Crippen molar-refractivity contribution in [3.05, 3.63) is 83.0 Å². The molecule has 166 valence electrons. The Morgan fingerprint density at radius 2 is 1.76 bits per heavy atom. The number of hydrogen-bond donors (Lipinski definition) is 1. The van der Waals surface area contributed by atoms with Crippen molar-refractivity contribution in [1.82, 2.24) is 19.1 Å². The van der Waals surface area contributed by atoms with E-state index in [1.54, 1.807) is 42.8 Å². The molecule has 33 heavy (non-hydrogen) atoms. The van der Waals surface area contributed by atoms with Crippen LogP contribution in [0.15, 0.2) is 71.8 Å². The van der Waals surface area contributed by atoms with Gasteiger partial charge < -0.3 is 14.5 Å². The van der Waals surface area contributed by atoms with Crippen molar-refractivity contribution in [3.63, 3.8) is 0 Å². The lowest BCUT2D eigenvalue weighted by Crippen LogP contribution is -2.21. The fourth-order valence-corrected chi connectivity index (χ4v) is 4.22. The molecule has 0 radical (unpaired) electrons. The average Bonchev–Trinajstić information content (AvgIpc) is 3.42. The molecule has 2 aromatic heterocycles. The Morgan fingerprint density at radius 3 is 2.52 bits per heavy atom. The maximum atomic E-state index is 13.3. The minimum Gasteiger partial charge on any atom is -0.497 e. The van der Waals surface area contributed by atoms with Crippen LogP contribution in [0.2, 0.25) is 0 Å². The molecular formula is C26H24N4O3. The quantitative estimate of drug-likeness (QED) is 0.429. The van der Waals surface area contributed by atoms with E-state index in [0.717, 1.165) is 33.5 Å². The van der Waals surface area contributed by atoms with Crippen molar-refractivity contribution < 1.29 is 9.47 Å². The average molecular weight is 441 g/mol. The van der Waals surface area contributed by atoms with Crippen molar-refractivity contribution >= 4 is 11.0 Å². The van der Waals surface area contributed by atoms with Gasteiger partial charge in [-0.15, -0.1) is 0 Å². The van der Waals surface area contributed by atoms with Gasteiger partial charge in [0, 0.05) is 24.2 Å². The molecule has 1 N–H and O–H groups in total. The molecular weight excluding hydrogens is 416 g/mol. The number of nitrogens with one attached hydrogen (secondary N) is 1. The number of imidazole rings is 2. The van der Waals surface area contributed by atoms with E-state index in [9.17, 15) is 4.79 Å².